The second-order valence-electron chi connectivity index (χ2n) is 4.08. The highest BCUT2D eigenvalue weighted by Gasteiger charge is 2.48. The molecule has 0 amide bonds. The van der Waals surface area contributed by atoms with Gasteiger partial charge in [0, 0.05) is 13.8 Å². The molecule has 7 heteroatoms. The second kappa shape index (κ2) is 4.59. The Hall–Kier alpha value is -1.18. The minimum Gasteiger partial charge on any atom is -0.463 e. The molecule has 0 spiro atoms. The molecular formula is C10H15NO6. The molecule has 5 atom stereocenters. The van der Waals surface area contributed by atoms with E-state index in [1.807, 2.05) is 0 Å². The lowest BCUT2D eigenvalue weighted by atomic mass is 9.98. The first-order valence-electron chi connectivity index (χ1n) is 5.35. The van der Waals surface area contributed by atoms with Crippen molar-refractivity contribution in [2.24, 2.45) is 4.99 Å². The van der Waals surface area contributed by atoms with Gasteiger partial charge in [0.1, 0.15) is 31.0 Å². The van der Waals surface area contributed by atoms with Gasteiger partial charge in [0.05, 0.1) is 0 Å². The normalized spacial score (nSPS) is 40.2. The van der Waals surface area contributed by atoms with E-state index in [4.69, 9.17) is 14.2 Å². The predicted molar refractivity (Wildman–Crippen MR) is 55.3 cm³/mol. The maximum absolute atomic E-state index is 10.7. The number of carbonyl (C=O) groups is 1. The summed E-state index contributed by atoms with van der Waals surface area (Å²) in [4.78, 5) is 14.7. The van der Waals surface area contributed by atoms with Gasteiger partial charge in [-0.25, -0.2) is 4.99 Å². The Morgan fingerprint density at radius 2 is 2.18 bits per heavy atom. The summed E-state index contributed by atoms with van der Waals surface area (Å²) in [5.41, 5.74) is 0. The van der Waals surface area contributed by atoms with Gasteiger partial charge in [-0.3, -0.25) is 4.79 Å². The number of carbonyl (C=O) groups excluding carboxylic acids is 1. The van der Waals surface area contributed by atoms with Gasteiger partial charge in [-0.05, 0) is 0 Å². The van der Waals surface area contributed by atoms with Crippen molar-refractivity contribution in [1.29, 1.82) is 0 Å². The van der Waals surface area contributed by atoms with Crippen molar-refractivity contribution in [3.05, 3.63) is 0 Å². The molecule has 2 heterocycles. The molecule has 0 bridgehead atoms. The minimum absolute atomic E-state index is 0.126. The average molecular weight is 245 g/mol. The largest absolute Gasteiger partial charge is 0.463 e. The smallest absolute Gasteiger partial charge is 0.302 e. The van der Waals surface area contributed by atoms with Crippen LogP contribution < -0.4 is 0 Å². The van der Waals surface area contributed by atoms with Gasteiger partial charge in [-0.2, -0.15) is 0 Å². The predicted octanol–water partition coefficient (Wildman–Crippen LogP) is -1.19. The first kappa shape index (κ1) is 12.3. The van der Waals surface area contributed by atoms with Gasteiger partial charge in [-0.1, -0.05) is 0 Å². The summed E-state index contributed by atoms with van der Waals surface area (Å²) < 4.78 is 15.4. The summed E-state index contributed by atoms with van der Waals surface area (Å²) in [5.74, 6) is -0.0726. The zero-order valence-corrected chi connectivity index (χ0v) is 9.57. The van der Waals surface area contributed by atoms with Crippen LogP contribution in [0.3, 0.4) is 0 Å². The van der Waals surface area contributed by atoms with E-state index >= 15 is 0 Å². The Bertz CT molecular complexity index is 344. The van der Waals surface area contributed by atoms with E-state index in [1.165, 1.54) is 6.92 Å². The van der Waals surface area contributed by atoms with Crippen molar-refractivity contribution in [2.45, 2.75) is 44.5 Å². The minimum atomic E-state index is -1.16. The van der Waals surface area contributed by atoms with E-state index in [2.05, 4.69) is 4.99 Å². The van der Waals surface area contributed by atoms with Crippen LogP contribution in [0.25, 0.3) is 0 Å². The number of nitrogens with zero attached hydrogens (tertiary/aromatic N) is 1. The Kier molecular flexibility index (Phi) is 3.32. The SMILES string of the molecule is CC(=O)OCC1O[C@@H]2OC(C)=N[C@H]2C(O)[C@H]1O. The highest BCUT2D eigenvalue weighted by atomic mass is 16.7. The molecule has 0 aliphatic carbocycles. The third-order valence-corrected chi connectivity index (χ3v) is 2.74. The van der Waals surface area contributed by atoms with E-state index in [1.54, 1.807) is 6.92 Å². The molecule has 0 radical (unpaired) electrons. The molecule has 1 saturated heterocycles. The maximum atomic E-state index is 10.7. The average Bonchev–Trinajstić information content (AvgIpc) is 2.62. The molecule has 0 aromatic rings. The van der Waals surface area contributed by atoms with E-state index < -0.39 is 36.6 Å². The number of hydrogen-bond acceptors (Lipinski definition) is 7. The van der Waals surface area contributed by atoms with Crippen molar-refractivity contribution in [3.63, 3.8) is 0 Å². The van der Waals surface area contributed by atoms with Crippen LogP contribution in [-0.4, -0.2) is 59.3 Å². The summed E-state index contributed by atoms with van der Waals surface area (Å²) in [6, 6.07) is -0.626. The molecule has 2 unspecified atom stereocenters. The van der Waals surface area contributed by atoms with Gasteiger partial charge < -0.3 is 24.4 Å². The van der Waals surface area contributed by atoms with Gasteiger partial charge in [0.25, 0.3) is 0 Å². The molecule has 2 aliphatic heterocycles. The lowest BCUT2D eigenvalue weighted by molar-refractivity contribution is -0.236. The molecule has 2 rings (SSSR count). The summed E-state index contributed by atoms with van der Waals surface area (Å²) >= 11 is 0. The van der Waals surface area contributed by atoms with Crippen LogP contribution in [0.1, 0.15) is 13.8 Å². The molecule has 0 aromatic carbocycles. The molecule has 0 aromatic heterocycles. The van der Waals surface area contributed by atoms with Crippen LogP contribution in [0.2, 0.25) is 0 Å². The van der Waals surface area contributed by atoms with E-state index in [0.717, 1.165) is 0 Å². The molecule has 2 aliphatic rings. The Morgan fingerprint density at radius 3 is 2.82 bits per heavy atom. The van der Waals surface area contributed by atoms with Crippen molar-refractivity contribution in [3.8, 4) is 0 Å². The first-order chi connectivity index (χ1) is 7.99. The van der Waals surface area contributed by atoms with Crippen LogP contribution in [0, 0.1) is 0 Å². The van der Waals surface area contributed by atoms with Crippen LogP contribution in [0.5, 0.6) is 0 Å². The molecule has 0 saturated carbocycles. The molecule has 96 valence electrons. The van der Waals surface area contributed by atoms with Gasteiger partial charge >= 0.3 is 5.97 Å². The van der Waals surface area contributed by atoms with Crippen LogP contribution >= 0.6 is 0 Å². The quantitative estimate of drug-likeness (QED) is 0.594. The van der Waals surface area contributed by atoms with Crippen molar-refractivity contribution in [1.82, 2.24) is 0 Å². The molecular weight excluding hydrogens is 230 g/mol. The third-order valence-electron chi connectivity index (χ3n) is 2.74. The van der Waals surface area contributed by atoms with Crippen LogP contribution in [0.4, 0.5) is 0 Å². The number of aliphatic hydroxyl groups excluding tert-OH is 2. The fourth-order valence-electron chi connectivity index (χ4n) is 1.90. The van der Waals surface area contributed by atoms with Gasteiger partial charge in [-0.15, -0.1) is 0 Å². The summed E-state index contributed by atoms with van der Waals surface area (Å²) in [6.45, 7) is 2.77. The Morgan fingerprint density at radius 1 is 1.47 bits per heavy atom. The monoisotopic (exact) mass is 245 g/mol. The van der Waals surface area contributed by atoms with Gasteiger partial charge in [0.2, 0.25) is 6.29 Å². The van der Waals surface area contributed by atoms with E-state index in [-0.39, 0.29) is 6.61 Å². The van der Waals surface area contributed by atoms with Crippen molar-refractivity contribution < 1.29 is 29.2 Å². The van der Waals surface area contributed by atoms with Crippen LogP contribution in [-0.2, 0) is 19.0 Å². The Balaban J connectivity index is 2.01. The van der Waals surface area contributed by atoms with E-state index in [9.17, 15) is 15.0 Å². The zero-order chi connectivity index (χ0) is 12.6. The summed E-state index contributed by atoms with van der Waals surface area (Å²) in [5, 5.41) is 19.6. The van der Waals surface area contributed by atoms with Crippen molar-refractivity contribution in [2.75, 3.05) is 6.61 Å². The molecule has 7 nitrogen and oxygen atoms in total. The lowest BCUT2D eigenvalue weighted by Gasteiger charge is -2.37. The summed E-state index contributed by atoms with van der Waals surface area (Å²) in [6.07, 6.45) is -3.79. The highest BCUT2D eigenvalue weighted by Crippen LogP contribution is 2.28. The second-order valence-corrected chi connectivity index (χ2v) is 4.08. The third kappa shape index (κ3) is 2.41. The first-order valence-corrected chi connectivity index (χ1v) is 5.35. The number of aliphatic hydroxyl groups is 2. The maximum Gasteiger partial charge on any atom is 0.302 e. The lowest BCUT2D eigenvalue weighted by Crippen LogP contribution is -2.57. The number of hydrogen-bond donors (Lipinski definition) is 2. The standard InChI is InChI=1S/C10H15NO6/c1-4-11-7-9(14)8(13)6(3-15-5(2)12)17-10(7)16-4/h6-10,13-14H,3H2,1-2H3/t6?,7-,8-,9?,10-/m0/s1. The molecule has 1 fully saturated rings. The number of fused-ring (bicyclic) bond motifs is 1. The van der Waals surface area contributed by atoms with E-state index in [0.29, 0.717) is 5.90 Å². The summed E-state index contributed by atoms with van der Waals surface area (Å²) in [7, 11) is 0. The molecule has 17 heavy (non-hydrogen) atoms. The molecule has 2 N–H and O–H groups in total. The number of rotatable bonds is 2. The fourth-order valence-corrected chi connectivity index (χ4v) is 1.90. The van der Waals surface area contributed by atoms with Gasteiger partial charge in [0.15, 0.2) is 5.90 Å². The van der Waals surface area contributed by atoms with Crippen LogP contribution in [0.15, 0.2) is 4.99 Å². The topological polar surface area (TPSA) is 97.6 Å². The number of aliphatic imine (C=N–C) groups is 1. The zero-order valence-electron chi connectivity index (χ0n) is 9.57. The van der Waals surface area contributed by atoms with Crippen molar-refractivity contribution >= 4 is 11.9 Å². The fraction of sp³-hybridized carbons (Fsp3) is 0.800. The highest BCUT2D eigenvalue weighted by molar-refractivity contribution is 5.75. The number of esters is 1. The Labute approximate surface area is 98.0 Å². The number of ether oxygens (including phenoxy) is 3.